The lowest BCUT2D eigenvalue weighted by Gasteiger charge is -2.35. The largest absolute Gasteiger partial charge is 0.366 e. The fourth-order valence-corrected chi connectivity index (χ4v) is 5.04. The molecular weight excluding hydrogens is 423 g/mol. The Morgan fingerprint density at radius 1 is 1.07 bits per heavy atom. The van der Waals surface area contributed by atoms with Gasteiger partial charge in [-0.3, -0.25) is 4.79 Å². The fourth-order valence-electron chi connectivity index (χ4n) is 3.07. The molecular formula is C18H22Cl2N4O3S. The van der Waals surface area contributed by atoms with Crippen LogP contribution in [0.5, 0.6) is 0 Å². The van der Waals surface area contributed by atoms with Crippen LogP contribution in [-0.2, 0) is 15.6 Å². The normalized spacial score (nSPS) is 16.4. The van der Waals surface area contributed by atoms with Crippen molar-refractivity contribution in [3.8, 4) is 0 Å². The van der Waals surface area contributed by atoms with Gasteiger partial charge in [-0.05, 0) is 39.0 Å². The Morgan fingerprint density at radius 2 is 1.71 bits per heavy atom. The average molecular weight is 445 g/mol. The number of aromatic nitrogens is 2. The van der Waals surface area contributed by atoms with Crippen molar-refractivity contribution in [2.75, 3.05) is 31.1 Å². The minimum atomic E-state index is -3.63. The van der Waals surface area contributed by atoms with Crippen molar-refractivity contribution >= 4 is 38.9 Å². The van der Waals surface area contributed by atoms with Gasteiger partial charge in [-0.2, -0.15) is 9.40 Å². The molecule has 0 atom stereocenters. The zero-order chi connectivity index (χ0) is 20.7. The number of halogens is 2. The molecule has 0 N–H and O–H groups in total. The van der Waals surface area contributed by atoms with Crippen LogP contribution in [0, 0.1) is 0 Å². The Morgan fingerprint density at radius 3 is 2.29 bits per heavy atom. The summed E-state index contributed by atoms with van der Waals surface area (Å²) in [6, 6.07) is 6.21. The molecule has 2 heterocycles. The summed E-state index contributed by atoms with van der Waals surface area (Å²) in [5.41, 5.74) is -0.323. The summed E-state index contributed by atoms with van der Waals surface area (Å²) in [4.78, 5) is 14.6. The topological polar surface area (TPSA) is 75.5 Å². The first-order valence-electron chi connectivity index (χ1n) is 8.81. The molecule has 0 unspecified atom stereocenters. The quantitative estimate of drug-likeness (QED) is 0.727. The molecule has 28 heavy (non-hydrogen) atoms. The van der Waals surface area contributed by atoms with Gasteiger partial charge in [0.05, 0.1) is 22.3 Å². The summed E-state index contributed by atoms with van der Waals surface area (Å²) < 4.78 is 28.4. The standard InChI is InChI=1S/C18H22Cl2N4O3S/c1-18(2,3)24-17(25)16(20)15(12-21-24)22-7-9-23(10-8-22)28(26,27)14-6-4-5-13(19)11-14/h4-6,11-12H,7-10H2,1-3H3. The van der Waals surface area contributed by atoms with Crippen molar-refractivity contribution < 1.29 is 8.42 Å². The molecule has 152 valence electrons. The Balaban J connectivity index is 1.79. The van der Waals surface area contributed by atoms with Gasteiger partial charge >= 0.3 is 0 Å². The molecule has 0 saturated carbocycles. The summed E-state index contributed by atoms with van der Waals surface area (Å²) in [6.07, 6.45) is 1.57. The van der Waals surface area contributed by atoms with Crippen molar-refractivity contribution in [3.05, 3.63) is 50.9 Å². The number of hydrogen-bond acceptors (Lipinski definition) is 5. The van der Waals surface area contributed by atoms with Gasteiger partial charge < -0.3 is 4.90 Å². The lowest BCUT2D eigenvalue weighted by Crippen LogP contribution is -2.49. The second-order valence-corrected chi connectivity index (χ2v) is 10.3. The average Bonchev–Trinajstić information content (AvgIpc) is 2.63. The summed E-state index contributed by atoms with van der Waals surface area (Å²) in [7, 11) is -3.63. The first-order chi connectivity index (χ1) is 13.0. The molecule has 1 aromatic carbocycles. The first-order valence-corrected chi connectivity index (χ1v) is 11.0. The number of benzene rings is 1. The monoisotopic (exact) mass is 444 g/mol. The van der Waals surface area contributed by atoms with Gasteiger partial charge in [-0.1, -0.05) is 29.3 Å². The van der Waals surface area contributed by atoms with Crippen molar-refractivity contribution in [3.63, 3.8) is 0 Å². The van der Waals surface area contributed by atoms with Crippen LogP contribution in [0.1, 0.15) is 20.8 Å². The van der Waals surface area contributed by atoms with Crippen LogP contribution in [0.25, 0.3) is 0 Å². The maximum Gasteiger partial charge on any atom is 0.288 e. The third kappa shape index (κ3) is 4.05. The first kappa shape index (κ1) is 21.1. The minimum Gasteiger partial charge on any atom is -0.366 e. The smallest absolute Gasteiger partial charge is 0.288 e. The molecule has 0 bridgehead atoms. The molecule has 1 fully saturated rings. The SMILES string of the molecule is CC(C)(C)n1ncc(N2CCN(S(=O)(=O)c3cccc(Cl)c3)CC2)c(Cl)c1=O. The van der Waals surface area contributed by atoms with Crippen LogP contribution in [0.2, 0.25) is 10.0 Å². The summed E-state index contributed by atoms with van der Waals surface area (Å²) in [5, 5.41) is 4.71. The van der Waals surface area contributed by atoms with Gasteiger partial charge in [-0.25, -0.2) is 13.1 Å². The third-order valence-corrected chi connectivity index (χ3v) is 7.03. The molecule has 0 radical (unpaired) electrons. The maximum absolute atomic E-state index is 12.8. The minimum absolute atomic E-state index is 0.0936. The zero-order valence-corrected chi connectivity index (χ0v) is 18.2. The van der Waals surface area contributed by atoms with E-state index in [1.165, 1.54) is 21.1 Å². The van der Waals surface area contributed by atoms with E-state index in [4.69, 9.17) is 23.2 Å². The second kappa shape index (κ2) is 7.67. The molecule has 2 aromatic rings. The number of hydrogen-bond donors (Lipinski definition) is 0. The molecule has 1 saturated heterocycles. The van der Waals surface area contributed by atoms with Gasteiger partial charge in [-0.15, -0.1) is 0 Å². The van der Waals surface area contributed by atoms with Gasteiger partial charge in [0.2, 0.25) is 10.0 Å². The predicted molar refractivity (Wildman–Crippen MR) is 111 cm³/mol. The number of sulfonamides is 1. The van der Waals surface area contributed by atoms with Crippen LogP contribution in [0.15, 0.2) is 40.2 Å². The van der Waals surface area contributed by atoms with E-state index in [1.807, 2.05) is 25.7 Å². The van der Waals surface area contributed by atoms with Crippen molar-refractivity contribution in [1.82, 2.24) is 14.1 Å². The van der Waals surface area contributed by atoms with Crippen LogP contribution in [0.4, 0.5) is 5.69 Å². The summed E-state index contributed by atoms with van der Waals surface area (Å²) in [6.45, 7) is 6.96. The Bertz CT molecular complexity index is 1040. The van der Waals surface area contributed by atoms with E-state index in [0.29, 0.717) is 23.8 Å². The number of anilines is 1. The maximum atomic E-state index is 12.8. The lowest BCUT2D eigenvalue weighted by atomic mass is 10.1. The highest BCUT2D eigenvalue weighted by atomic mass is 35.5. The molecule has 7 nitrogen and oxygen atoms in total. The van der Waals surface area contributed by atoms with Crippen molar-refractivity contribution in [2.24, 2.45) is 0 Å². The molecule has 1 aromatic heterocycles. The van der Waals surface area contributed by atoms with Crippen molar-refractivity contribution in [2.45, 2.75) is 31.2 Å². The van der Waals surface area contributed by atoms with Crippen molar-refractivity contribution in [1.29, 1.82) is 0 Å². The second-order valence-electron chi connectivity index (χ2n) is 7.58. The number of nitrogens with zero attached hydrogens (tertiary/aromatic N) is 4. The van der Waals surface area contributed by atoms with E-state index < -0.39 is 15.6 Å². The molecule has 0 amide bonds. The molecule has 1 aliphatic heterocycles. The zero-order valence-electron chi connectivity index (χ0n) is 15.9. The molecule has 3 rings (SSSR count). The lowest BCUT2D eigenvalue weighted by molar-refractivity contribution is 0.337. The highest BCUT2D eigenvalue weighted by Gasteiger charge is 2.30. The van der Waals surface area contributed by atoms with E-state index in [2.05, 4.69) is 5.10 Å². The van der Waals surface area contributed by atoms with Gasteiger partial charge in [0.25, 0.3) is 5.56 Å². The predicted octanol–water partition coefficient (Wildman–Crippen LogP) is 2.82. The summed E-state index contributed by atoms with van der Waals surface area (Å²) in [5.74, 6) is 0. The number of piperazine rings is 1. The van der Waals surface area contributed by atoms with E-state index in [1.54, 1.807) is 18.3 Å². The van der Waals surface area contributed by atoms with E-state index in [0.717, 1.165) is 0 Å². The Hall–Kier alpha value is -1.61. The van der Waals surface area contributed by atoms with E-state index >= 15 is 0 Å². The molecule has 10 heteroatoms. The molecule has 0 aliphatic carbocycles. The van der Waals surface area contributed by atoms with Crippen LogP contribution in [-0.4, -0.2) is 48.7 Å². The Kier molecular flexibility index (Phi) is 5.78. The fraction of sp³-hybridized carbons (Fsp3) is 0.444. The van der Waals surface area contributed by atoms with Gasteiger partial charge in [0.15, 0.2) is 0 Å². The third-order valence-electron chi connectivity index (χ3n) is 4.55. The van der Waals surface area contributed by atoms with Crippen LogP contribution < -0.4 is 10.5 Å². The number of rotatable bonds is 3. The molecule has 1 aliphatic rings. The summed E-state index contributed by atoms with van der Waals surface area (Å²) >= 11 is 12.2. The van der Waals surface area contributed by atoms with Gasteiger partial charge in [0, 0.05) is 31.2 Å². The Labute approximate surface area is 174 Å². The van der Waals surface area contributed by atoms with Crippen LogP contribution in [0.3, 0.4) is 0 Å². The molecule has 0 spiro atoms. The van der Waals surface area contributed by atoms with E-state index in [9.17, 15) is 13.2 Å². The highest BCUT2D eigenvalue weighted by Crippen LogP contribution is 2.26. The van der Waals surface area contributed by atoms with Crippen LogP contribution >= 0.6 is 23.2 Å². The van der Waals surface area contributed by atoms with E-state index in [-0.39, 0.29) is 28.6 Å². The highest BCUT2D eigenvalue weighted by molar-refractivity contribution is 7.89. The van der Waals surface area contributed by atoms with Gasteiger partial charge in [0.1, 0.15) is 5.02 Å².